The number of fused-ring (bicyclic) bond motifs is 1. The van der Waals surface area contributed by atoms with Crippen LogP contribution in [-0.4, -0.2) is 22.3 Å². The van der Waals surface area contributed by atoms with Gasteiger partial charge >= 0.3 is 0 Å². The Balaban J connectivity index is 1.60. The van der Waals surface area contributed by atoms with Crippen LogP contribution in [0.3, 0.4) is 0 Å². The van der Waals surface area contributed by atoms with Crippen LogP contribution in [0.25, 0.3) is 10.9 Å². The van der Waals surface area contributed by atoms with Crippen LogP contribution in [0.1, 0.15) is 48.0 Å². The van der Waals surface area contributed by atoms with Crippen molar-refractivity contribution in [2.45, 2.75) is 38.6 Å². The fourth-order valence-corrected chi connectivity index (χ4v) is 3.92. The van der Waals surface area contributed by atoms with Gasteiger partial charge in [-0.1, -0.05) is 37.5 Å². The molecule has 0 saturated heterocycles. The highest BCUT2D eigenvalue weighted by molar-refractivity contribution is 6.06. The van der Waals surface area contributed by atoms with Crippen LogP contribution in [0.4, 0.5) is 0 Å². The van der Waals surface area contributed by atoms with Gasteiger partial charge in [0.15, 0.2) is 0 Å². The van der Waals surface area contributed by atoms with E-state index < -0.39 is 0 Å². The minimum absolute atomic E-state index is 0.101. The Labute approximate surface area is 147 Å². The maximum Gasteiger partial charge on any atom is 0.256 e. The third kappa shape index (κ3) is 3.48. The predicted octanol–water partition coefficient (Wildman–Crippen LogP) is 4.98. The second-order valence-electron chi connectivity index (χ2n) is 7.07. The zero-order valence-corrected chi connectivity index (χ0v) is 14.4. The number of amides is 1. The lowest BCUT2D eigenvalue weighted by molar-refractivity contribution is 0.0701. The summed E-state index contributed by atoms with van der Waals surface area (Å²) >= 11 is 0. The summed E-state index contributed by atoms with van der Waals surface area (Å²) in [5.41, 5.74) is 2.81. The number of benzene rings is 1. The number of carbonyl (C=O) groups is 1. The Hall–Kier alpha value is -2.49. The van der Waals surface area contributed by atoms with Gasteiger partial charge < -0.3 is 14.3 Å². The van der Waals surface area contributed by atoms with E-state index >= 15 is 0 Å². The molecule has 1 saturated carbocycles. The third-order valence-electron chi connectivity index (χ3n) is 5.26. The Morgan fingerprint density at radius 3 is 2.80 bits per heavy atom. The van der Waals surface area contributed by atoms with Gasteiger partial charge in [0, 0.05) is 35.8 Å². The number of carbonyl (C=O) groups excluding carboxylic acids is 1. The molecule has 1 aliphatic rings. The predicted molar refractivity (Wildman–Crippen MR) is 98.3 cm³/mol. The van der Waals surface area contributed by atoms with E-state index in [-0.39, 0.29) is 5.91 Å². The second kappa shape index (κ2) is 7.18. The smallest absolute Gasteiger partial charge is 0.256 e. The monoisotopic (exact) mass is 336 g/mol. The van der Waals surface area contributed by atoms with Gasteiger partial charge in [0.1, 0.15) is 0 Å². The number of para-hydroxylation sites is 1. The number of rotatable bonds is 5. The number of hydrogen-bond acceptors (Lipinski definition) is 2. The number of hydrogen-bond donors (Lipinski definition) is 1. The molecule has 25 heavy (non-hydrogen) atoms. The summed E-state index contributed by atoms with van der Waals surface area (Å²) in [6, 6.07) is 9.92. The lowest BCUT2D eigenvalue weighted by Gasteiger charge is -2.29. The molecule has 1 N–H and O–H groups in total. The van der Waals surface area contributed by atoms with E-state index in [1.54, 1.807) is 12.5 Å². The maximum absolute atomic E-state index is 13.3. The Morgan fingerprint density at radius 2 is 2.00 bits per heavy atom. The van der Waals surface area contributed by atoms with Crippen LogP contribution in [0.15, 0.2) is 53.5 Å². The molecule has 0 unspecified atom stereocenters. The first kappa shape index (κ1) is 16.0. The van der Waals surface area contributed by atoms with E-state index in [4.69, 9.17) is 4.42 Å². The molecule has 0 atom stereocenters. The fraction of sp³-hybridized carbons (Fsp3) is 0.381. The first-order valence-corrected chi connectivity index (χ1v) is 9.18. The van der Waals surface area contributed by atoms with Crippen molar-refractivity contribution in [2.75, 3.05) is 6.54 Å². The fourth-order valence-electron chi connectivity index (χ4n) is 3.92. The van der Waals surface area contributed by atoms with Crippen LogP contribution in [0.5, 0.6) is 0 Å². The van der Waals surface area contributed by atoms with Crippen LogP contribution in [0, 0.1) is 5.92 Å². The standard InChI is InChI=1S/C21H24N2O2/c24-21(19-12-22-20-9-5-4-8-18(19)20)23(14-17-10-11-25-15-17)13-16-6-2-1-3-7-16/h4-5,8-12,15-16,22H,1-3,6-7,13-14H2. The van der Waals surface area contributed by atoms with Gasteiger partial charge in [-0.05, 0) is 30.9 Å². The number of nitrogens with one attached hydrogen (secondary N) is 1. The van der Waals surface area contributed by atoms with Crippen molar-refractivity contribution in [3.05, 3.63) is 60.2 Å². The first-order valence-electron chi connectivity index (χ1n) is 9.18. The molecule has 1 aromatic carbocycles. The van der Waals surface area contributed by atoms with E-state index in [1.807, 2.05) is 41.4 Å². The molecule has 3 aromatic rings. The number of aromatic amines is 1. The van der Waals surface area contributed by atoms with E-state index in [1.165, 1.54) is 32.1 Å². The molecule has 0 bridgehead atoms. The van der Waals surface area contributed by atoms with Crippen LogP contribution < -0.4 is 0 Å². The average Bonchev–Trinajstić information content (AvgIpc) is 3.31. The van der Waals surface area contributed by atoms with Gasteiger partial charge in [-0.2, -0.15) is 0 Å². The largest absolute Gasteiger partial charge is 0.472 e. The number of H-pyrrole nitrogens is 1. The molecule has 4 rings (SSSR count). The summed E-state index contributed by atoms with van der Waals surface area (Å²) < 4.78 is 5.20. The summed E-state index contributed by atoms with van der Waals surface area (Å²) in [6.07, 6.45) is 11.6. The van der Waals surface area contributed by atoms with Gasteiger partial charge in [0.2, 0.25) is 0 Å². The van der Waals surface area contributed by atoms with E-state index in [0.717, 1.165) is 28.6 Å². The normalized spacial score (nSPS) is 15.5. The quantitative estimate of drug-likeness (QED) is 0.714. The molecule has 0 aliphatic heterocycles. The molecule has 1 aliphatic carbocycles. The molecule has 1 amide bonds. The summed E-state index contributed by atoms with van der Waals surface area (Å²) in [4.78, 5) is 18.5. The summed E-state index contributed by atoms with van der Waals surface area (Å²) in [5.74, 6) is 0.707. The molecule has 0 spiro atoms. The minimum Gasteiger partial charge on any atom is -0.472 e. The highest BCUT2D eigenvalue weighted by Gasteiger charge is 2.24. The zero-order chi connectivity index (χ0) is 17.1. The van der Waals surface area contributed by atoms with Gasteiger partial charge in [-0.3, -0.25) is 4.79 Å². The van der Waals surface area contributed by atoms with Crippen molar-refractivity contribution in [3.8, 4) is 0 Å². The number of aromatic nitrogens is 1. The number of nitrogens with zero attached hydrogens (tertiary/aromatic N) is 1. The highest BCUT2D eigenvalue weighted by atomic mass is 16.3. The van der Waals surface area contributed by atoms with Crippen LogP contribution >= 0.6 is 0 Å². The van der Waals surface area contributed by atoms with Crippen molar-refractivity contribution < 1.29 is 9.21 Å². The molecule has 1 fully saturated rings. The third-order valence-corrected chi connectivity index (χ3v) is 5.26. The summed E-state index contributed by atoms with van der Waals surface area (Å²) in [6.45, 7) is 1.43. The van der Waals surface area contributed by atoms with Crippen LogP contribution in [0.2, 0.25) is 0 Å². The molecule has 4 nitrogen and oxygen atoms in total. The van der Waals surface area contributed by atoms with Crippen molar-refractivity contribution in [3.63, 3.8) is 0 Å². The lowest BCUT2D eigenvalue weighted by Crippen LogP contribution is -2.35. The molecule has 2 heterocycles. The zero-order valence-electron chi connectivity index (χ0n) is 14.4. The molecular weight excluding hydrogens is 312 g/mol. The Bertz CT molecular complexity index is 829. The molecule has 130 valence electrons. The SMILES string of the molecule is O=C(c1c[nH]c2ccccc12)N(Cc1ccoc1)CC1CCCCC1. The minimum atomic E-state index is 0.101. The van der Waals surface area contributed by atoms with Gasteiger partial charge in [-0.25, -0.2) is 0 Å². The van der Waals surface area contributed by atoms with Crippen molar-refractivity contribution in [2.24, 2.45) is 5.92 Å². The van der Waals surface area contributed by atoms with Gasteiger partial charge in [0.25, 0.3) is 5.91 Å². The summed E-state index contributed by atoms with van der Waals surface area (Å²) in [5, 5.41) is 0.994. The van der Waals surface area contributed by atoms with E-state index in [9.17, 15) is 4.79 Å². The number of furan rings is 1. The Kier molecular flexibility index (Phi) is 4.59. The first-order chi connectivity index (χ1) is 12.3. The topological polar surface area (TPSA) is 49.2 Å². The van der Waals surface area contributed by atoms with E-state index in [0.29, 0.717) is 12.5 Å². The van der Waals surface area contributed by atoms with E-state index in [2.05, 4.69) is 4.98 Å². The Morgan fingerprint density at radius 1 is 1.16 bits per heavy atom. The van der Waals surface area contributed by atoms with Gasteiger partial charge in [-0.15, -0.1) is 0 Å². The van der Waals surface area contributed by atoms with Gasteiger partial charge in [0.05, 0.1) is 18.1 Å². The lowest BCUT2D eigenvalue weighted by atomic mass is 9.88. The van der Waals surface area contributed by atoms with Crippen LogP contribution in [-0.2, 0) is 6.54 Å². The molecule has 2 aromatic heterocycles. The highest BCUT2D eigenvalue weighted by Crippen LogP contribution is 2.27. The average molecular weight is 336 g/mol. The maximum atomic E-state index is 13.3. The summed E-state index contributed by atoms with van der Waals surface area (Å²) in [7, 11) is 0. The second-order valence-corrected chi connectivity index (χ2v) is 7.07. The van der Waals surface area contributed by atoms with Crippen molar-refractivity contribution in [1.29, 1.82) is 0 Å². The molecule has 4 heteroatoms. The molecule has 0 radical (unpaired) electrons. The van der Waals surface area contributed by atoms with Crippen molar-refractivity contribution >= 4 is 16.8 Å². The van der Waals surface area contributed by atoms with Crippen molar-refractivity contribution in [1.82, 2.24) is 9.88 Å². The molecular formula is C21H24N2O2.